The molecule has 0 atom stereocenters. The molecule has 7 aromatic carbocycles. The van der Waals surface area contributed by atoms with Crippen LogP contribution in [0.3, 0.4) is 0 Å². The Kier molecular flexibility index (Phi) is 15.5. The molecule has 0 radical (unpaired) electrons. The van der Waals surface area contributed by atoms with Gasteiger partial charge in [-0.05, 0) is 85.6 Å². The Balaban J connectivity index is 0.000000197. The van der Waals surface area contributed by atoms with Crippen LogP contribution in [0.25, 0.3) is 0 Å². The minimum absolute atomic E-state index is 0. The molecule has 0 heterocycles. The maximum Gasteiger partial charge on any atom is 0.298 e. The second-order valence-corrected chi connectivity index (χ2v) is 17.8. The first-order chi connectivity index (χ1) is 24.3. The third-order valence-corrected chi connectivity index (χ3v) is 15.1. The molecule has 0 aliphatic heterocycles. The van der Waals surface area contributed by atoms with Crippen LogP contribution in [0.4, 0.5) is 0 Å². The average Bonchev–Trinajstić information content (AvgIpc) is 3.16. The molecule has 0 bridgehead atoms. The van der Waals surface area contributed by atoms with Gasteiger partial charge in [0.15, 0.2) is 0 Å². The molecule has 0 aliphatic carbocycles. The molecule has 0 aromatic heterocycles. The summed E-state index contributed by atoms with van der Waals surface area (Å²) in [6.45, 7) is 4.07. The summed E-state index contributed by atoms with van der Waals surface area (Å²) in [6, 6.07) is 67.8. The summed E-state index contributed by atoms with van der Waals surface area (Å²) < 4.78 is 33.7. The molecule has 0 saturated heterocycles. The Morgan fingerprint density at radius 1 is 0.431 bits per heavy atom. The van der Waals surface area contributed by atoms with E-state index < -0.39 is 26.0 Å². The van der Waals surface area contributed by atoms with E-state index in [4.69, 9.17) is 0 Å². The summed E-state index contributed by atoms with van der Waals surface area (Å²) in [6.07, 6.45) is 0. The van der Waals surface area contributed by atoms with Gasteiger partial charge in [0.05, 0.1) is 7.92 Å². The van der Waals surface area contributed by atoms with Gasteiger partial charge in [-0.3, -0.25) is 4.55 Å². The third-order valence-electron chi connectivity index (χ3n) is 8.06. The van der Waals surface area contributed by atoms with Crippen LogP contribution in [0, 0.1) is 19.9 Å². The van der Waals surface area contributed by atoms with E-state index in [2.05, 4.69) is 109 Å². The molecule has 7 rings (SSSR count). The molecule has 7 aromatic rings. The van der Waals surface area contributed by atoms with Gasteiger partial charge in [-0.2, -0.15) is 44.8 Å². The van der Waals surface area contributed by atoms with Gasteiger partial charge in [-0.1, -0.05) is 103 Å². The largest absolute Gasteiger partial charge is 0.298 e. The fourth-order valence-electron chi connectivity index (χ4n) is 5.70. The summed E-state index contributed by atoms with van der Waals surface area (Å²) in [4.78, 5) is -0.00426. The van der Waals surface area contributed by atoms with Gasteiger partial charge >= 0.3 is 0 Å². The maximum atomic E-state index is 12.0. The van der Waals surface area contributed by atoms with Crippen LogP contribution in [-0.4, -0.2) is 13.0 Å². The smallest absolute Gasteiger partial charge is 0.282 e. The van der Waals surface area contributed by atoms with Crippen molar-refractivity contribution in [2.24, 2.45) is 0 Å². The Labute approximate surface area is 315 Å². The molecule has 0 amide bonds. The predicted molar refractivity (Wildman–Crippen MR) is 218 cm³/mol. The van der Waals surface area contributed by atoms with Gasteiger partial charge in [-0.25, -0.2) is 0 Å². The van der Waals surface area contributed by atoms with Crippen molar-refractivity contribution in [3.05, 3.63) is 211 Å². The molecule has 0 saturated carbocycles. The van der Waals surface area contributed by atoms with Crippen LogP contribution in [0.2, 0.25) is 0 Å². The molecule has 0 aliphatic rings. The fraction of sp³-hybridized carbons (Fsp3) is 0.0455. The molecule has 0 fully saturated rings. The molecule has 260 valence electrons. The van der Waals surface area contributed by atoms with Crippen molar-refractivity contribution in [3.8, 4) is 0 Å². The van der Waals surface area contributed by atoms with E-state index in [0.29, 0.717) is 5.30 Å². The van der Waals surface area contributed by atoms with Crippen LogP contribution in [0.15, 0.2) is 199 Å². The third kappa shape index (κ3) is 11.1. The Morgan fingerprint density at radius 2 is 0.765 bits per heavy atom. The van der Waals surface area contributed by atoms with E-state index in [0.717, 1.165) is 21.7 Å². The van der Waals surface area contributed by atoms with Crippen molar-refractivity contribution in [1.82, 2.24) is 0 Å². The molecule has 3 nitrogen and oxygen atoms in total. The zero-order valence-electron chi connectivity index (χ0n) is 28.5. The van der Waals surface area contributed by atoms with E-state index in [-0.39, 0.29) is 21.4 Å². The summed E-state index contributed by atoms with van der Waals surface area (Å²) in [5, 5.41) is 7.23. The van der Waals surface area contributed by atoms with Gasteiger partial charge in [-0.15, -0.1) is 0 Å². The van der Waals surface area contributed by atoms with Crippen molar-refractivity contribution >= 4 is 57.8 Å². The summed E-state index contributed by atoms with van der Waals surface area (Å²) in [7, 11) is -6.76. The average molecular weight is 771 g/mol. The van der Waals surface area contributed by atoms with Crippen molar-refractivity contribution in [1.29, 1.82) is 0 Å². The monoisotopic (exact) mass is 769 g/mol. The Bertz CT molecular complexity index is 2000. The van der Waals surface area contributed by atoms with Gasteiger partial charge < -0.3 is 0 Å². The minimum atomic E-state index is -4.29. The minimum Gasteiger partial charge on any atom is -0.282 e. The number of aryl methyl sites for hydroxylation is 2. The fourth-order valence-corrected chi connectivity index (χ4v) is 12.5. The van der Waals surface area contributed by atoms with E-state index in [1.165, 1.54) is 22.0 Å². The molecule has 1 N–H and O–H groups in total. The topological polar surface area (TPSA) is 54.4 Å². The second-order valence-electron chi connectivity index (χ2n) is 11.5. The second kappa shape index (κ2) is 20.0. The predicted octanol–water partition coefficient (Wildman–Crippen LogP) is 7.70. The van der Waals surface area contributed by atoms with Crippen molar-refractivity contribution in [2.45, 2.75) is 18.7 Å². The molecular formula is C44H41NiO3P2S+. The van der Waals surface area contributed by atoms with Gasteiger partial charge in [0.1, 0.15) is 44.6 Å². The van der Waals surface area contributed by atoms with Crippen LogP contribution >= 0.6 is 15.8 Å². The van der Waals surface area contributed by atoms with Crippen molar-refractivity contribution < 1.29 is 29.5 Å². The number of hydrogen-bond acceptors (Lipinski definition) is 2. The molecule has 51 heavy (non-hydrogen) atoms. The molecular weight excluding hydrogens is 729 g/mol. The summed E-state index contributed by atoms with van der Waals surface area (Å²) in [5.74, 6) is 0. The van der Waals surface area contributed by atoms with Gasteiger partial charge in [0.2, 0.25) is 0 Å². The van der Waals surface area contributed by atoms with Crippen LogP contribution in [-0.2, 0) is 26.6 Å². The normalized spacial score (nSPS) is 10.6. The molecule has 0 spiro atoms. The first-order valence-corrected chi connectivity index (χ1v) is 20.8. The van der Waals surface area contributed by atoms with E-state index in [9.17, 15) is 13.0 Å². The zero-order valence-corrected chi connectivity index (χ0v) is 32.3. The van der Waals surface area contributed by atoms with E-state index >= 15 is 0 Å². The quantitative estimate of drug-likeness (QED) is 0.0783. The summed E-state index contributed by atoms with van der Waals surface area (Å²) in [5.41, 5.74) is 2.23. The number of hydrogen-bond donors (Lipinski definition) is 1. The van der Waals surface area contributed by atoms with Crippen LogP contribution < -0.4 is 31.8 Å². The Morgan fingerprint density at radius 3 is 1.10 bits per heavy atom. The first-order valence-electron chi connectivity index (χ1n) is 16.3. The van der Waals surface area contributed by atoms with Gasteiger partial charge in [0, 0.05) is 16.5 Å². The summed E-state index contributed by atoms with van der Waals surface area (Å²) >= 11 is 0. The van der Waals surface area contributed by atoms with Crippen LogP contribution in [0.5, 0.6) is 0 Å². The number of rotatable bonds is 7. The SMILES string of the molecule is Cc1ccccc1[PH+](c1ccccc1C)c1ccccc1S(=O)(=O)O.[Ni].[c-]1ccccc1.c1ccc([PH+](c2ccccc2)c2ccccc2)cc1. The Hall–Kier alpha value is -4.20. The maximum absolute atomic E-state index is 12.0. The van der Waals surface area contributed by atoms with E-state index in [1.807, 2.05) is 92.7 Å². The van der Waals surface area contributed by atoms with E-state index in [1.54, 1.807) is 6.07 Å². The first kappa shape index (κ1) is 39.6. The van der Waals surface area contributed by atoms with Gasteiger partial charge in [0.25, 0.3) is 10.1 Å². The molecule has 7 heteroatoms. The zero-order chi connectivity index (χ0) is 35.2. The van der Waals surface area contributed by atoms with Crippen LogP contribution in [0.1, 0.15) is 11.1 Å². The van der Waals surface area contributed by atoms with Crippen molar-refractivity contribution in [2.75, 3.05) is 0 Å². The van der Waals surface area contributed by atoms with Crippen molar-refractivity contribution in [3.63, 3.8) is 0 Å². The number of benzene rings is 7. The molecule has 0 unspecified atom stereocenters. The standard InChI is InChI=1S/C20H19O3PS.C18H15P.C6H5.Ni/c1-15-9-3-5-11-17(15)24(18-12-6-4-10-16(18)2)19-13-7-8-14-20(19)25(21,22)23;1-4-10-16(11-5-1)19(17-12-6-2-7-13-17)18-14-8-3-9-15-18;1-2-4-6-5-3-1;/h3-14H,1-2H3,(H,21,22,23);1-15H;1-5H;/q;;-1;/p+2.